The van der Waals surface area contributed by atoms with Crippen molar-refractivity contribution < 1.29 is 4.74 Å². The van der Waals surface area contributed by atoms with Crippen LogP contribution in [0.25, 0.3) is 0 Å². The lowest BCUT2D eigenvalue weighted by molar-refractivity contribution is 0.280. The third kappa shape index (κ3) is 4.54. The van der Waals surface area contributed by atoms with E-state index in [0.29, 0.717) is 0 Å². The molecule has 0 aliphatic carbocycles. The maximum absolute atomic E-state index is 6.11. The second kappa shape index (κ2) is 8.44. The minimum Gasteiger partial charge on any atom is -0.502 e. The van der Waals surface area contributed by atoms with E-state index in [4.69, 9.17) is 10.5 Å². The molecule has 2 aromatic carbocycles. The van der Waals surface area contributed by atoms with E-state index in [1.165, 1.54) is 16.8 Å². The van der Waals surface area contributed by atoms with Crippen LogP contribution in [-0.4, -0.2) is 13.7 Å². The molecule has 0 aromatic heterocycles. The number of anilines is 2. The maximum atomic E-state index is 6.11. The van der Waals surface area contributed by atoms with Gasteiger partial charge in [-0.05, 0) is 42.2 Å². The minimum atomic E-state index is 0.801. The fraction of sp³-hybridized carbons (Fsp3) is 0.333. The number of methoxy groups -OCH3 is 1. The normalized spacial score (nSPS) is 10.5. The number of aryl methyl sites for hydroxylation is 2. The molecule has 0 atom stereocenters. The van der Waals surface area contributed by atoms with Gasteiger partial charge in [-0.15, -0.1) is 0 Å². The van der Waals surface area contributed by atoms with Gasteiger partial charge < -0.3 is 15.4 Å². The summed E-state index contributed by atoms with van der Waals surface area (Å²) in [6.07, 6.45) is 1.76. The molecule has 0 saturated carbocycles. The number of nitrogen functional groups attached to an aromatic ring is 1. The second-order valence-corrected chi connectivity index (χ2v) is 6.09. The van der Waals surface area contributed by atoms with Crippen molar-refractivity contribution in [1.29, 1.82) is 0 Å². The van der Waals surface area contributed by atoms with Gasteiger partial charge in [0, 0.05) is 30.9 Å². The molecule has 0 radical (unpaired) electrons. The average Bonchev–Trinajstić information content (AvgIpc) is 2.61. The Labute approximate surface area is 145 Å². The van der Waals surface area contributed by atoms with Crippen molar-refractivity contribution in [1.82, 2.24) is 0 Å². The average molecular weight is 324 g/mol. The van der Waals surface area contributed by atoms with Crippen LogP contribution in [0, 0.1) is 6.92 Å². The van der Waals surface area contributed by atoms with Gasteiger partial charge in [0.05, 0.1) is 12.9 Å². The molecule has 2 N–H and O–H groups in total. The van der Waals surface area contributed by atoms with Crippen molar-refractivity contribution in [2.45, 2.75) is 33.2 Å². The largest absolute Gasteiger partial charge is 0.502 e. The molecule has 3 heteroatoms. The van der Waals surface area contributed by atoms with Crippen LogP contribution >= 0.6 is 0 Å². The highest BCUT2D eigenvalue weighted by Crippen LogP contribution is 2.28. The van der Waals surface area contributed by atoms with E-state index < -0.39 is 0 Å². The van der Waals surface area contributed by atoms with Crippen LogP contribution in [0.4, 0.5) is 11.4 Å². The molecule has 2 rings (SSSR count). The van der Waals surface area contributed by atoms with Crippen LogP contribution in [0.2, 0.25) is 0 Å². The zero-order valence-electron chi connectivity index (χ0n) is 15.0. The van der Waals surface area contributed by atoms with E-state index in [1.54, 1.807) is 7.11 Å². The van der Waals surface area contributed by atoms with E-state index in [-0.39, 0.29) is 0 Å². The van der Waals surface area contributed by atoms with Crippen molar-refractivity contribution >= 4 is 11.4 Å². The van der Waals surface area contributed by atoms with Crippen molar-refractivity contribution in [3.8, 4) is 0 Å². The quantitative estimate of drug-likeness (QED) is 0.565. The van der Waals surface area contributed by atoms with Crippen LogP contribution in [0.5, 0.6) is 0 Å². The molecule has 0 heterocycles. The number of ether oxygens (including phenoxy) is 1. The molecule has 0 saturated heterocycles. The summed E-state index contributed by atoms with van der Waals surface area (Å²) in [6.45, 7) is 9.90. The number of benzene rings is 2. The molecule has 0 aliphatic rings. The van der Waals surface area contributed by atoms with Crippen LogP contribution in [0.15, 0.2) is 54.8 Å². The Balaban J connectivity index is 2.34. The number of hydrogen-bond donors (Lipinski definition) is 1. The minimum absolute atomic E-state index is 0.801. The van der Waals surface area contributed by atoms with Gasteiger partial charge in [-0.3, -0.25) is 0 Å². The molecule has 0 amide bonds. The van der Waals surface area contributed by atoms with E-state index in [1.807, 2.05) is 6.07 Å². The molecule has 2 aromatic rings. The van der Waals surface area contributed by atoms with Crippen molar-refractivity contribution in [2.24, 2.45) is 0 Å². The predicted molar refractivity (Wildman–Crippen MR) is 103 cm³/mol. The SMILES string of the molecule is C=C(CCN(Cc1ccccc1)c1cc(C)c(N)cc1CC)OC. The van der Waals surface area contributed by atoms with E-state index in [2.05, 4.69) is 61.7 Å². The topological polar surface area (TPSA) is 38.5 Å². The summed E-state index contributed by atoms with van der Waals surface area (Å²) in [5, 5.41) is 0. The van der Waals surface area contributed by atoms with Gasteiger partial charge in [0.25, 0.3) is 0 Å². The predicted octanol–water partition coefficient (Wildman–Crippen LogP) is 4.70. The Morgan fingerprint density at radius 3 is 2.54 bits per heavy atom. The summed E-state index contributed by atoms with van der Waals surface area (Å²) in [7, 11) is 1.68. The number of nitrogens with zero attached hydrogens (tertiary/aromatic N) is 1. The van der Waals surface area contributed by atoms with Gasteiger partial charge in [-0.2, -0.15) is 0 Å². The van der Waals surface area contributed by atoms with Gasteiger partial charge in [-0.1, -0.05) is 43.8 Å². The van der Waals surface area contributed by atoms with Crippen LogP contribution in [0.3, 0.4) is 0 Å². The highest BCUT2D eigenvalue weighted by Gasteiger charge is 2.14. The van der Waals surface area contributed by atoms with Crippen LogP contribution < -0.4 is 10.6 Å². The van der Waals surface area contributed by atoms with Crippen molar-refractivity contribution in [3.63, 3.8) is 0 Å². The van der Waals surface area contributed by atoms with Crippen molar-refractivity contribution in [2.75, 3.05) is 24.3 Å². The molecule has 24 heavy (non-hydrogen) atoms. The molecule has 0 aliphatic heterocycles. The zero-order chi connectivity index (χ0) is 17.5. The van der Waals surface area contributed by atoms with Gasteiger partial charge in [0.1, 0.15) is 0 Å². The summed E-state index contributed by atoms with van der Waals surface area (Å²) in [5.74, 6) is 0.804. The summed E-state index contributed by atoms with van der Waals surface area (Å²) >= 11 is 0. The highest BCUT2D eigenvalue weighted by atomic mass is 16.5. The molecular weight excluding hydrogens is 296 g/mol. The third-order valence-corrected chi connectivity index (χ3v) is 4.35. The number of hydrogen-bond acceptors (Lipinski definition) is 3. The lowest BCUT2D eigenvalue weighted by Crippen LogP contribution is -2.25. The molecule has 128 valence electrons. The summed E-state index contributed by atoms with van der Waals surface area (Å²) in [5.41, 5.74) is 11.9. The lowest BCUT2D eigenvalue weighted by Gasteiger charge is -2.28. The Bertz CT molecular complexity index is 680. The van der Waals surface area contributed by atoms with Crippen molar-refractivity contribution in [3.05, 3.63) is 71.5 Å². The second-order valence-electron chi connectivity index (χ2n) is 6.09. The first-order valence-electron chi connectivity index (χ1n) is 8.44. The van der Waals surface area contributed by atoms with E-state index >= 15 is 0 Å². The van der Waals surface area contributed by atoms with E-state index in [9.17, 15) is 0 Å². The number of nitrogens with two attached hydrogens (primary N) is 1. The Morgan fingerprint density at radius 1 is 1.21 bits per heavy atom. The smallest absolute Gasteiger partial charge is 0.0901 e. The molecule has 0 spiro atoms. The third-order valence-electron chi connectivity index (χ3n) is 4.35. The first kappa shape index (κ1) is 17.9. The molecule has 0 unspecified atom stereocenters. The van der Waals surface area contributed by atoms with Gasteiger partial charge in [0.15, 0.2) is 0 Å². The molecule has 0 bridgehead atoms. The number of rotatable bonds is 8. The highest BCUT2D eigenvalue weighted by molar-refractivity contribution is 5.63. The maximum Gasteiger partial charge on any atom is 0.0901 e. The lowest BCUT2D eigenvalue weighted by atomic mass is 10.0. The first-order chi connectivity index (χ1) is 11.5. The van der Waals surface area contributed by atoms with Gasteiger partial charge >= 0.3 is 0 Å². The fourth-order valence-electron chi connectivity index (χ4n) is 2.78. The molecular formula is C21H28N2O. The summed E-state index contributed by atoms with van der Waals surface area (Å²) < 4.78 is 5.24. The van der Waals surface area contributed by atoms with Crippen LogP contribution in [0.1, 0.15) is 30.0 Å². The van der Waals surface area contributed by atoms with Crippen LogP contribution in [-0.2, 0) is 17.7 Å². The Morgan fingerprint density at radius 2 is 1.92 bits per heavy atom. The summed E-state index contributed by atoms with van der Waals surface area (Å²) in [4.78, 5) is 2.39. The van der Waals surface area contributed by atoms with E-state index in [0.717, 1.165) is 42.9 Å². The molecule has 3 nitrogen and oxygen atoms in total. The molecule has 0 fully saturated rings. The fourth-order valence-corrected chi connectivity index (χ4v) is 2.78. The zero-order valence-corrected chi connectivity index (χ0v) is 15.0. The Kier molecular flexibility index (Phi) is 6.30. The van der Waals surface area contributed by atoms with Gasteiger partial charge in [-0.25, -0.2) is 0 Å². The Hall–Kier alpha value is -2.42. The van der Waals surface area contributed by atoms with Gasteiger partial charge in [0.2, 0.25) is 0 Å². The standard InChI is InChI=1S/C21H28N2O/c1-5-19-14-20(22)16(2)13-21(19)23(12-11-17(3)24-4)15-18-9-7-6-8-10-18/h6-10,13-14H,3,5,11-12,15,22H2,1-2,4H3. The summed E-state index contributed by atoms with van der Waals surface area (Å²) in [6, 6.07) is 14.8. The first-order valence-corrected chi connectivity index (χ1v) is 8.44. The monoisotopic (exact) mass is 324 g/mol.